The molecule has 1 amide bonds. The molecule has 0 spiro atoms. The van der Waals surface area contributed by atoms with E-state index in [4.69, 9.17) is 9.47 Å². The molecule has 1 unspecified atom stereocenters. The lowest BCUT2D eigenvalue weighted by Gasteiger charge is -2.24. The number of aliphatic hydroxyl groups excluding tert-OH is 1. The predicted molar refractivity (Wildman–Crippen MR) is 124 cm³/mol. The van der Waals surface area contributed by atoms with Crippen molar-refractivity contribution in [3.63, 3.8) is 0 Å². The summed E-state index contributed by atoms with van der Waals surface area (Å²) in [5.41, 5.74) is 1.01. The first-order valence-corrected chi connectivity index (χ1v) is 11.0. The van der Waals surface area contributed by atoms with Crippen LogP contribution >= 0.6 is 11.3 Å². The maximum Gasteiger partial charge on any atom is 0.300 e. The lowest BCUT2D eigenvalue weighted by atomic mass is 9.99. The standard InChI is InChI=1S/C25H23NO5S/c1-15(2)31-18-11-9-16(10-12-18)23(27)21-22(20-8-5-13-32-20)26(25(29)24(21)28)17-6-4-7-19(14-17)30-3/h4-15,22,27H,1-3H3/b23-21-. The average Bonchev–Trinajstić information content (AvgIpc) is 3.40. The smallest absolute Gasteiger partial charge is 0.300 e. The van der Waals surface area contributed by atoms with Gasteiger partial charge < -0.3 is 14.6 Å². The molecule has 0 radical (unpaired) electrons. The van der Waals surface area contributed by atoms with Crippen LogP contribution in [0.5, 0.6) is 11.5 Å². The normalized spacial score (nSPS) is 17.8. The zero-order chi connectivity index (χ0) is 22.8. The number of ketones is 1. The van der Waals surface area contributed by atoms with Crippen LogP contribution in [0.15, 0.2) is 71.6 Å². The van der Waals surface area contributed by atoms with Gasteiger partial charge in [0.05, 0.1) is 18.8 Å². The summed E-state index contributed by atoms with van der Waals surface area (Å²) in [6, 6.07) is 16.7. The molecular weight excluding hydrogens is 426 g/mol. The van der Waals surface area contributed by atoms with Gasteiger partial charge in [-0.2, -0.15) is 0 Å². The van der Waals surface area contributed by atoms with Crippen molar-refractivity contribution in [1.29, 1.82) is 0 Å². The third-order valence-corrected chi connectivity index (χ3v) is 6.01. The number of carbonyl (C=O) groups excluding carboxylic acids is 2. The number of benzene rings is 2. The lowest BCUT2D eigenvalue weighted by Crippen LogP contribution is -2.29. The van der Waals surface area contributed by atoms with E-state index in [1.807, 2.05) is 31.4 Å². The van der Waals surface area contributed by atoms with Crippen molar-refractivity contribution in [3.8, 4) is 11.5 Å². The van der Waals surface area contributed by atoms with Gasteiger partial charge in [0.2, 0.25) is 0 Å². The van der Waals surface area contributed by atoms with Gasteiger partial charge >= 0.3 is 0 Å². The average molecular weight is 450 g/mol. The lowest BCUT2D eigenvalue weighted by molar-refractivity contribution is -0.132. The number of ether oxygens (including phenoxy) is 2. The number of carbonyl (C=O) groups is 2. The monoisotopic (exact) mass is 449 g/mol. The van der Waals surface area contributed by atoms with E-state index < -0.39 is 17.7 Å². The Labute approximate surface area is 190 Å². The summed E-state index contributed by atoms with van der Waals surface area (Å²) >= 11 is 1.42. The van der Waals surface area contributed by atoms with Crippen LogP contribution in [0.25, 0.3) is 5.76 Å². The van der Waals surface area contributed by atoms with Gasteiger partial charge in [-0.1, -0.05) is 12.1 Å². The minimum atomic E-state index is -0.742. The van der Waals surface area contributed by atoms with Crippen molar-refractivity contribution in [1.82, 2.24) is 0 Å². The molecule has 0 aliphatic carbocycles. The summed E-state index contributed by atoms with van der Waals surface area (Å²) in [5, 5.41) is 13.0. The third kappa shape index (κ3) is 3.99. The second-order valence-corrected chi connectivity index (χ2v) is 8.56. The Morgan fingerprint density at radius 1 is 1.03 bits per heavy atom. The number of hydrogen-bond acceptors (Lipinski definition) is 6. The van der Waals surface area contributed by atoms with E-state index in [1.54, 1.807) is 48.5 Å². The van der Waals surface area contributed by atoms with Gasteiger partial charge in [-0.05, 0) is 61.7 Å². The van der Waals surface area contributed by atoms with Crippen molar-refractivity contribution in [3.05, 3.63) is 82.1 Å². The van der Waals surface area contributed by atoms with E-state index in [2.05, 4.69) is 0 Å². The number of Topliss-reactive ketones (excluding diaryl/α,β-unsaturated/α-hetero) is 1. The Kier molecular flexibility index (Phi) is 6.01. The number of thiophene rings is 1. The Hall–Kier alpha value is -3.58. The quantitative estimate of drug-likeness (QED) is 0.319. The molecular formula is C25H23NO5S. The van der Waals surface area contributed by atoms with Crippen LogP contribution in [0.2, 0.25) is 0 Å². The number of rotatable bonds is 6. The number of anilines is 1. The first-order chi connectivity index (χ1) is 15.4. The highest BCUT2D eigenvalue weighted by atomic mass is 32.1. The molecule has 6 nitrogen and oxygen atoms in total. The van der Waals surface area contributed by atoms with E-state index in [-0.39, 0.29) is 17.4 Å². The van der Waals surface area contributed by atoms with Crippen LogP contribution in [0, 0.1) is 0 Å². The maximum atomic E-state index is 13.1. The van der Waals surface area contributed by atoms with E-state index in [9.17, 15) is 14.7 Å². The summed E-state index contributed by atoms with van der Waals surface area (Å²) in [6.45, 7) is 3.85. The van der Waals surface area contributed by atoms with Crippen molar-refractivity contribution in [2.24, 2.45) is 0 Å². The maximum absolute atomic E-state index is 13.1. The molecule has 0 saturated carbocycles. The van der Waals surface area contributed by atoms with Gasteiger partial charge in [0.25, 0.3) is 11.7 Å². The number of nitrogens with zero attached hydrogens (tertiary/aromatic N) is 1. The highest BCUT2D eigenvalue weighted by Gasteiger charge is 2.47. The Bertz CT molecular complexity index is 1170. The fraction of sp³-hybridized carbons (Fsp3) is 0.200. The van der Waals surface area contributed by atoms with Gasteiger partial charge in [0.1, 0.15) is 23.3 Å². The van der Waals surface area contributed by atoms with Crippen molar-refractivity contribution >= 4 is 34.5 Å². The fourth-order valence-corrected chi connectivity index (χ4v) is 4.52. The summed E-state index contributed by atoms with van der Waals surface area (Å²) < 4.78 is 10.9. The minimum absolute atomic E-state index is 0.0152. The topological polar surface area (TPSA) is 76.1 Å². The van der Waals surface area contributed by atoms with Crippen molar-refractivity contribution in [2.45, 2.75) is 26.0 Å². The first kappa shape index (κ1) is 21.6. The fourth-order valence-electron chi connectivity index (χ4n) is 3.69. The van der Waals surface area contributed by atoms with Gasteiger partial charge in [-0.25, -0.2) is 0 Å². The number of amides is 1. The Morgan fingerprint density at radius 2 is 1.78 bits per heavy atom. The Morgan fingerprint density at radius 3 is 2.41 bits per heavy atom. The van der Waals surface area contributed by atoms with Crippen molar-refractivity contribution < 1.29 is 24.2 Å². The SMILES string of the molecule is COc1cccc(N2C(=O)C(=O)/C(=C(\O)c3ccc(OC(C)C)cc3)C2c2cccs2)c1. The summed E-state index contributed by atoms with van der Waals surface area (Å²) in [7, 11) is 1.54. The van der Waals surface area contributed by atoms with Gasteiger partial charge in [-0.15, -0.1) is 11.3 Å². The van der Waals surface area contributed by atoms with E-state index in [0.717, 1.165) is 4.88 Å². The van der Waals surface area contributed by atoms with Crippen LogP contribution in [0.1, 0.15) is 30.3 Å². The summed E-state index contributed by atoms with van der Waals surface area (Å²) in [5.74, 6) is -0.425. The molecule has 0 bridgehead atoms. The zero-order valence-corrected chi connectivity index (χ0v) is 18.8. The molecule has 1 fully saturated rings. The van der Waals surface area contributed by atoms with E-state index in [1.165, 1.54) is 23.3 Å². The molecule has 1 aliphatic heterocycles. The van der Waals surface area contributed by atoms with Crippen LogP contribution in [-0.4, -0.2) is 30.0 Å². The molecule has 1 N–H and O–H groups in total. The van der Waals surface area contributed by atoms with Gasteiger partial charge in [0.15, 0.2) is 0 Å². The van der Waals surface area contributed by atoms with E-state index in [0.29, 0.717) is 22.7 Å². The highest BCUT2D eigenvalue weighted by molar-refractivity contribution is 7.10. The highest BCUT2D eigenvalue weighted by Crippen LogP contribution is 2.44. The molecule has 164 valence electrons. The van der Waals surface area contributed by atoms with Crippen LogP contribution in [0.4, 0.5) is 5.69 Å². The molecule has 1 saturated heterocycles. The molecule has 7 heteroatoms. The second kappa shape index (κ2) is 8.88. The second-order valence-electron chi connectivity index (χ2n) is 7.58. The zero-order valence-electron chi connectivity index (χ0n) is 17.9. The summed E-state index contributed by atoms with van der Waals surface area (Å²) in [4.78, 5) is 28.4. The largest absolute Gasteiger partial charge is 0.507 e. The van der Waals surface area contributed by atoms with Crippen LogP contribution in [-0.2, 0) is 9.59 Å². The molecule has 32 heavy (non-hydrogen) atoms. The number of aliphatic hydroxyl groups is 1. The molecule has 3 aromatic rings. The summed E-state index contributed by atoms with van der Waals surface area (Å²) in [6.07, 6.45) is 0.0152. The third-order valence-electron chi connectivity index (χ3n) is 5.09. The number of hydrogen-bond donors (Lipinski definition) is 1. The van der Waals surface area contributed by atoms with Gasteiger partial charge in [0, 0.05) is 22.2 Å². The van der Waals surface area contributed by atoms with E-state index >= 15 is 0 Å². The molecule has 2 heterocycles. The van der Waals surface area contributed by atoms with Gasteiger partial charge in [-0.3, -0.25) is 14.5 Å². The van der Waals surface area contributed by atoms with Crippen LogP contribution < -0.4 is 14.4 Å². The minimum Gasteiger partial charge on any atom is -0.507 e. The molecule has 2 aromatic carbocycles. The molecule has 1 aromatic heterocycles. The molecule has 1 aliphatic rings. The molecule has 1 atom stereocenters. The van der Waals surface area contributed by atoms with Crippen molar-refractivity contribution in [2.75, 3.05) is 12.0 Å². The predicted octanol–water partition coefficient (Wildman–Crippen LogP) is 5.17. The number of methoxy groups -OCH3 is 1. The van der Waals surface area contributed by atoms with Crippen LogP contribution in [0.3, 0.4) is 0 Å². The molecule has 4 rings (SSSR count). The first-order valence-electron chi connectivity index (χ1n) is 10.2. The Balaban J connectivity index is 1.83.